The highest BCUT2D eigenvalue weighted by atomic mass is 16.5. The van der Waals surface area contributed by atoms with Gasteiger partial charge in [0.15, 0.2) is 0 Å². The molecule has 0 aliphatic heterocycles. The molecule has 1 aromatic carbocycles. The first-order chi connectivity index (χ1) is 8.04. The molecule has 0 spiro atoms. The molecule has 1 aromatic rings. The Morgan fingerprint density at radius 3 is 2.29 bits per heavy atom. The van der Waals surface area contributed by atoms with E-state index in [1.807, 2.05) is 24.3 Å². The van der Waals surface area contributed by atoms with Crippen LogP contribution in [0, 0.1) is 0 Å². The Bertz CT molecular complexity index is 357. The van der Waals surface area contributed by atoms with Crippen molar-refractivity contribution in [1.82, 2.24) is 5.32 Å². The number of nitrogens with one attached hydrogen (secondary N) is 1. The third-order valence-electron chi connectivity index (χ3n) is 2.74. The summed E-state index contributed by atoms with van der Waals surface area (Å²) in [5.41, 5.74) is 1.03. The van der Waals surface area contributed by atoms with Crippen LogP contribution in [0.4, 0.5) is 0 Å². The third kappa shape index (κ3) is 4.19. The third-order valence-corrected chi connectivity index (χ3v) is 2.74. The van der Waals surface area contributed by atoms with Crippen molar-refractivity contribution in [2.75, 3.05) is 13.7 Å². The van der Waals surface area contributed by atoms with Crippen molar-refractivity contribution in [2.45, 2.75) is 32.7 Å². The van der Waals surface area contributed by atoms with Gasteiger partial charge in [-0.3, -0.25) is 4.79 Å². The van der Waals surface area contributed by atoms with Crippen LogP contribution in [0.5, 0.6) is 5.75 Å². The molecular formula is C14H21NO2. The number of carbonyl (C=O) groups excluding carboxylic acids is 1. The monoisotopic (exact) mass is 235 g/mol. The summed E-state index contributed by atoms with van der Waals surface area (Å²) in [5, 5.41) is 3.30. The fourth-order valence-electron chi connectivity index (χ4n) is 1.69. The normalized spacial score (nSPS) is 12.5. The average molecular weight is 235 g/mol. The highest BCUT2D eigenvalue weighted by Gasteiger charge is 2.16. The molecule has 94 valence electrons. The highest BCUT2D eigenvalue weighted by Crippen LogP contribution is 2.20. The van der Waals surface area contributed by atoms with Gasteiger partial charge in [0.1, 0.15) is 11.5 Å². The number of rotatable bonds is 6. The number of hydrogen-bond acceptors (Lipinski definition) is 3. The van der Waals surface area contributed by atoms with E-state index in [4.69, 9.17) is 4.74 Å². The summed E-state index contributed by atoms with van der Waals surface area (Å²) in [6, 6.07) is 8.07. The minimum absolute atomic E-state index is 0.0803. The van der Waals surface area contributed by atoms with Crippen molar-refractivity contribution in [3.05, 3.63) is 29.8 Å². The zero-order valence-electron chi connectivity index (χ0n) is 11.0. The van der Waals surface area contributed by atoms with Crippen molar-refractivity contribution in [2.24, 2.45) is 0 Å². The average Bonchev–Trinajstić information content (AvgIpc) is 2.29. The fraction of sp³-hybridized carbons (Fsp3) is 0.500. The molecule has 0 amide bonds. The van der Waals surface area contributed by atoms with Gasteiger partial charge >= 0.3 is 0 Å². The van der Waals surface area contributed by atoms with Gasteiger partial charge in [0.2, 0.25) is 0 Å². The van der Waals surface area contributed by atoms with E-state index in [0.717, 1.165) is 11.3 Å². The lowest BCUT2D eigenvalue weighted by molar-refractivity contribution is -0.118. The number of carbonyl (C=O) groups is 1. The lowest BCUT2D eigenvalue weighted by Crippen LogP contribution is -2.30. The summed E-state index contributed by atoms with van der Waals surface area (Å²) in [6.07, 6.45) is 0. The predicted molar refractivity (Wildman–Crippen MR) is 69.6 cm³/mol. The van der Waals surface area contributed by atoms with Crippen LogP contribution >= 0.6 is 0 Å². The van der Waals surface area contributed by atoms with Gasteiger partial charge in [-0.05, 0) is 24.6 Å². The minimum atomic E-state index is -0.0803. The van der Waals surface area contributed by atoms with Crippen LogP contribution in [0.25, 0.3) is 0 Å². The molecule has 0 aliphatic carbocycles. The van der Waals surface area contributed by atoms with Crippen molar-refractivity contribution in [1.29, 1.82) is 0 Å². The second-order valence-electron chi connectivity index (χ2n) is 4.50. The van der Waals surface area contributed by atoms with Crippen LogP contribution in [0.15, 0.2) is 24.3 Å². The molecule has 0 saturated heterocycles. The largest absolute Gasteiger partial charge is 0.497 e. The van der Waals surface area contributed by atoms with Gasteiger partial charge in [0.25, 0.3) is 0 Å². The molecular weight excluding hydrogens is 214 g/mol. The van der Waals surface area contributed by atoms with Crippen molar-refractivity contribution >= 4 is 5.78 Å². The Hall–Kier alpha value is -1.35. The molecule has 3 nitrogen and oxygen atoms in total. The van der Waals surface area contributed by atoms with Crippen LogP contribution in [-0.2, 0) is 4.79 Å². The summed E-state index contributed by atoms with van der Waals surface area (Å²) < 4.78 is 5.11. The Kier molecular flexibility index (Phi) is 5.16. The van der Waals surface area contributed by atoms with Gasteiger partial charge in [-0.15, -0.1) is 0 Å². The molecule has 0 radical (unpaired) electrons. The molecule has 0 saturated carbocycles. The van der Waals surface area contributed by atoms with Crippen LogP contribution in [0.2, 0.25) is 0 Å². The molecule has 0 fully saturated rings. The number of ether oxygens (including phenoxy) is 1. The molecule has 17 heavy (non-hydrogen) atoms. The van der Waals surface area contributed by atoms with E-state index < -0.39 is 0 Å². The lowest BCUT2D eigenvalue weighted by atomic mass is 9.95. The molecule has 0 heterocycles. The topological polar surface area (TPSA) is 38.3 Å². The van der Waals surface area contributed by atoms with Crippen LogP contribution in [0.3, 0.4) is 0 Å². The number of benzene rings is 1. The first-order valence-electron chi connectivity index (χ1n) is 5.92. The highest BCUT2D eigenvalue weighted by molar-refractivity contribution is 5.83. The molecule has 0 aromatic heterocycles. The Balaban J connectivity index is 2.78. The molecule has 1 N–H and O–H groups in total. The van der Waals surface area contributed by atoms with E-state index in [0.29, 0.717) is 12.6 Å². The summed E-state index contributed by atoms with van der Waals surface area (Å²) in [4.78, 5) is 11.6. The van der Waals surface area contributed by atoms with Crippen molar-refractivity contribution in [3.63, 3.8) is 0 Å². The molecule has 0 aliphatic rings. The van der Waals surface area contributed by atoms with Crippen molar-refractivity contribution in [3.8, 4) is 5.75 Å². The predicted octanol–water partition coefficient (Wildman–Crippen LogP) is 2.37. The number of ketones is 1. The maximum absolute atomic E-state index is 11.6. The van der Waals surface area contributed by atoms with E-state index >= 15 is 0 Å². The first-order valence-corrected chi connectivity index (χ1v) is 5.92. The zero-order valence-corrected chi connectivity index (χ0v) is 11.0. The van der Waals surface area contributed by atoms with Crippen LogP contribution in [0.1, 0.15) is 32.3 Å². The quantitative estimate of drug-likeness (QED) is 0.822. The van der Waals surface area contributed by atoms with Crippen LogP contribution in [-0.4, -0.2) is 25.5 Å². The van der Waals surface area contributed by atoms with E-state index in [2.05, 4.69) is 19.2 Å². The van der Waals surface area contributed by atoms with E-state index in [9.17, 15) is 4.79 Å². The summed E-state index contributed by atoms with van der Waals surface area (Å²) in [7, 11) is 1.64. The fourth-order valence-corrected chi connectivity index (χ4v) is 1.69. The Labute approximate surface area is 103 Å². The lowest BCUT2D eigenvalue weighted by Gasteiger charge is -2.17. The SMILES string of the molecule is COc1ccc(C(CNC(C)C)C(C)=O)cc1. The second kappa shape index (κ2) is 6.40. The Morgan fingerprint density at radius 2 is 1.88 bits per heavy atom. The Morgan fingerprint density at radius 1 is 1.29 bits per heavy atom. The van der Waals surface area contributed by atoms with Gasteiger partial charge in [-0.2, -0.15) is 0 Å². The maximum Gasteiger partial charge on any atom is 0.138 e. The van der Waals surface area contributed by atoms with Gasteiger partial charge in [-0.1, -0.05) is 26.0 Å². The molecule has 1 unspecified atom stereocenters. The smallest absolute Gasteiger partial charge is 0.138 e. The zero-order chi connectivity index (χ0) is 12.8. The van der Waals surface area contributed by atoms with Gasteiger partial charge in [-0.25, -0.2) is 0 Å². The summed E-state index contributed by atoms with van der Waals surface area (Å²) in [5.74, 6) is 0.916. The molecule has 1 atom stereocenters. The second-order valence-corrected chi connectivity index (χ2v) is 4.50. The maximum atomic E-state index is 11.6. The van der Waals surface area contributed by atoms with Crippen molar-refractivity contribution < 1.29 is 9.53 Å². The molecule has 3 heteroatoms. The molecule has 1 rings (SSSR count). The van der Waals surface area contributed by atoms with Gasteiger partial charge in [0.05, 0.1) is 13.0 Å². The standard InChI is InChI=1S/C14H21NO2/c1-10(2)15-9-14(11(3)16)12-5-7-13(17-4)8-6-12/h5-8,10,14-15H,9H2,1-4H3. The van der Waals surface area contributed by atoms with Gasteiger partial charge < -0.3 is 10.1 Å². The number of methoxy groups -OCH3 is 1. The molecule has 0 bridgehead atoms. The van der Waals surface area contributed by atoms with E-state index in [1.54, 1.807) is 14.0 Å². The number of hydrogen-bond donors (Lipinski definition) is 1. The number of Topliss-reactive ketones (excluding diaryl/α,β-unsaturated/α-hetero) is 1. The first kappa shape index (κ1) is 13.7. The summed E-state index contributed by atoms with van der Waals surface area (Å²) >= 11 is 0. The van der Waals surface area contributed by atoms with Crippen LogP contribution < -0.4 is 10.1 Å². The minimum Gasteiger partial charge on any atom is -0.497 e. The van der Waals surface area contributed by atoms with Gasteiger partial charge in [0, 0.05) is 12.6 Å². The van der Waals surface area contributed by atoms with E-state index in [-0.39, 0.29) is 11.7 Å². The van der Waals surface area contributed by atoms with E-state index in [1.165, 1.54) is 0 Å². The summed E-state index contributed by atoms with van der Waals surface area (Å²) in [6.45, 7) is 6.46.